The van der Waals surface area contributed by atoms with Crippen LogP contribution in [0.4, 0.5) is 0 Å². The minimum atomic E-state index is 0.786. The van der Waals surface area contributed by atoms with E-state index < -0.39 is 0 Å². The van der Waals surface area contributed by atoms with Gasteiger partial charge in [-0.1, -0.05) is 13.0 Å². The van der Waals surface area contributed by atoms with Gasteiger partial charge in [-0.05, 0) is 37.3 Å². The molecule has 3 nitrogen and oxygen atoms in total. The Balaban J connectivity index is 1.87. The molecule has 3 heteroatoms. The Morgan fingerprint density at radius 2 is 2.06 bits per heavy atom. The van der Waals surface area contributed by atoms with Crippen LogP contribution in [0.1, 0.15) is 25.3 Å². The third-order valence-electron chi connectivity index (χ3n) is 3.70. The molecule has 0 aliphatic heterocycles. The Labute approximate surface area is 109 Å². The fourth-order valence-corrected chi connectivity index (χ4v) is 2.26. The zero-order chi connectivity index (χ0) is 13.0. The van der Waals surface area contributed by atoms with E-state index in [1.165, 1.54) is 18.4 Å². The van der Waals surface area contributed by atoms with Crippen molar-refractivity contribution >= 4 is 0 Å². The third kappa shape index (κ3) is 3.39. The number of benzene rings is 1. The maximum Gasteiger partial charge on any atom is 0.127 e. The lowest BCUT2D eigenvalue weighted by Crippen LogP contribution is -2.22. The van der Waals surface area contributed by atoms with Crippen molar-refractivity contribution in [1.29, 1.82) is 0 Å². The number of nitrogens with one attached hydrogen (secondary N) is 1. The predicted molar refractivity (Wildman–Crippen MR) is 73.1 cm³/mol. The summed E-state index contributed by atoms with van der Waals surface area (Å²) in [7, 11) is 3.37. The van der Waals surface area contributed by atoms with Crippen LogP contribution in [0.3, 0.4) is 0 Å². The second-order valence-electron chi connectivity index (χ2n) is 5.12. The summed E-state index contributed by atoms with van der Waals surface area (Å²) in [5.74, 6) is 3.47. The lowest BCUT2D eigenvalue weighted by Gasteiger charge is -2.14. The molecule has 0 heterocycles. The summed E-state index contributed by atoms with van der Waals surface area (Å²) in [4.78, 5) is 0. The van der Waals surface area contributed by atoms with Crippen molar-refractivity contribution in [2.45, 2.75) is 26.3 Å². The van der Waals surface area contributed by atoms with Gasteiger partial charge in [0.25, 0.3) is 0 Å². The van der Waals surface area contributed by atoms with Crippen LogP contribution in [0.5, 0.6) is 11.5 Å². The van der Waals surface area contributed by atoms with E-state index >= 15 is 0 Å². The molecule has 1 N–H and O–H groups in total. The topological polar surface area (TPSA) is 30.5 Å². The summed E-state index contributed by atoms with van der Waals surface area (Å²) in [6.07, 6.45) is 2.82. The van der Waals surface area contributed by atoms with Gasteiger partial charge in [0.15, 0.2) is 0 Å². The molecule has 1 aliphatic rings. The molecular formula is C15H23NO2. The van der Waals surface area contributed by atoms with Gasteiger partial charge in [-0.25, -0.2) is 0 Å². The summed E-state index contributed by atoms with van der Waals surface area (Å²) in [5.41, 5.74) is 1.18. The molecular weight excluding hydrogens is 226 g/mol. The Bertz CT molecular complexity index is 388. The van der Waals surface area contributed by atoms with Crippen LogP contribution in [0.25, 0.3) is 0 Å². The van der Waals surface area contributed by atoms with E-state index in [1.54, 1.807) is 14.2 Å². The summed E-state index contributed by atoms with van der Waals surface area (Å²) in [6.45, 7) is 4.26. The number of ether oxygens (including phenoxy) is 2. The number of methoxy groups -OCH3 is 2. The van der Waals surface area contributed by atoms with Crippen molar-refractivity contribution in [3.63, 3.8) is 0 Å². The van der Waals surface area contributed by atoms with Gasteiger partial charge in [-0.15, -0.1) is 0 Å². The van der Waals surface area contributed by atoms with Gasteiger partial charge in [-0.3, -0.25) is 0 Å². The highest BCUT2D eigenvalue weighted by Gasteiger charge is 2.27. The zero-order valence-electron chi connectivity index (χ0n) is 11.5. The fraction of sp³-hybridized carbons (Fsp3) is 0.600. The molecule has 0 aromatic heterocycles. The van der Waals surface area contributed by atoms with Crippen molar-refractivity contribution < 1.29 is 9.47 Å². The van der Waals surface area contributed by atoms with Crippen LogP contribution in [-0.4, -0.2) is 20.8 Å². The lowest BCUT2D eigenvalue weighted by atomic mass is 10.1. The molecule has 1 atom stereocenters. The van der Waals surface area contributed by atoms with Crippen molar-refractivity contribution in [3.05, 3.63) is 23.8 Å². The highest BCUT2D eigenvalue weighted by Crippen LogP contribution is 2.36. The minimum Gasteiger partial charge on any atom is -0.497 e. The molecule has 1 fully saturated rings. The smallest absolute Gasteiger partial charge is 0.127 e. The molecule has 100 valence electrons. The van der Waals surface area contributed by atoms with Crippen LogP contribution in [0, 0.1) is 11.8 Å². The van der Waals surface area contributed by atoms with Crippen LogP contribution in [0.15, 0.2) is 18.2 Å². The maximum absolute atomic E-state index is 5.39. The first-order valence-corrected chi connectivity index (χ1v) is 6.66. The van der Waals surface area contributed by atoms with E-state index in [0.717, 1.165) is 36.4 Å². The SMILES string of the molecule is COc1ccc(CNCC(C)C2CC2)c(OC)c1. The molecule has 1 aromatic rings. The standard InChI is InChI=1S/C15H23NO2/c1-11(12-4-5-12)9-16-10-13-6-7-14(17-2)8-15(13)18-3/h6-8,11-12,16H,4-5,9-10H2,1-3H3. The van der Waals surface area contributed by atoms with Gasteiger partial charge >= 0.3 is 0 Å². The monoisotopic (exact) mass is 249 g/mol. The summed E-state index contributed by atoms with van der Waals surface area (Å²) < 4.78 is 10.6. The second kappa shape index (κ2) is 6.10. The predicted octanol–water partition coefficient (Wildman–Crippen LogP) is 2.84. The van der Waals surface area contributed by atoms with Gasteiger partial charge < -0.3 is 14.8 Å². The first-order valence-electron chi connectivity index (χ1n) is 6.66. The van der Waals surface area contributed by atoms with Crippen LogP contribution < -0.4 is 14.8 Å². The molecule has 0 spiro atoms. The van der Waals surface area contributed by atoms with E-state index in [4.69, 9.17) is 9.47 Å². The Hall–Kier alpha value is -1.22. The molecule has 0 bridgehead atoms. The quantitative estimate of drug-likeness (QED) is 0.806. The normalized spacial score (nSPS) is 16.4. The largest absolute Gasteiger partial charge is 0.497 e. The Morgan fingerprint density at radius 3 is 2.67 bits per heavy atom. The van der Waals surface area contributed by atoms with Gasteiger partial charge in [-0.2, -0.15) is 0 Å². The highest BCUT2D eigenvalue weighted by molar-refractivity contribution is 5.40. The Morgan fingerprint density at radius 1 is 1.28 bits per heavy atom. The van der Waals surface area contributed by atoms with Gasteiger partial charge in [0, 0.05) is 18.2 Å². The molecule has 0 saturated heterocycles. The van der Waals surface area contributed by atoms with E-state index in [2.05, 4.69) is 18.3 Å². The molecule has 1 saturated carbocycles. The van der Waals surface area contributed by atoms with Crippen LogP contribution in [-0.2, 0) is 6.54 Å². The summed E-state index contributed by atoms with van der Waals surface area (Å²) in [6, 6.07) is 5.97. The van der Waals surface area contributed by atoms with Crippen molar-refractivity contribution in [3.8, 4) is 11.5 Å². The molecule has 1 unspecified atom stereocenters. The number of hydrogen-bond acceptors (Lipinski definition) is 3. The fourth-order valence-electron chi connectivity index (χ4n) is 2.26. The van der Waals surface area contributed by atoms with Crippen LogP contribution in [0.2, 0.25) is 0 Å². The van der Waals surface area contributed by atoms with Gasteiger partial charge in [0.1, 0.15) is 11.5 Å². The minimum absolute atomic E-state index is 0.786. The summed E-state index contributed by atoms with van der Waals surface area (Å²) in [5, 5.41) is 3.51. The second-order valence-corrected chi connectivity index (χ2v) is 5.12. The Kier molecular flexibility index (Phi) is 4.48. The van der Waals surface area contributed by atoms with Crippen LogP contribution >= 0.6 is 0 Å². The average Bonchev–Trinajstić information content (AvgIpc) is 3.23. The molecule has 18 heavy (non-hydrogen) atoms. The lowest BCUT2D eigenvalue weighted by molar-refractivity contribution is 0.388. The van der Waals surface area contributed by atoms with Crippen molar-refractivity contribution in [2.24, 2.45) is 11.8 Å². The zero-order valence-corrected chi connectivity index (χ0v) is 11.5. The molecule has 1 aromatic carbocycles. The average molecular weight is 249 g/mol. The van der Waals surface area contributed by atoms with E-state index in [9.17, 15) is 0 Å². The van der Waals surface area contributed by atoms with Crippen molar-refractivity contribution in [1.82, 2.24) is 5.32 Å². The van der Waals surface area contributed by atoms with E-state index in [0.29, 0.717) is 0 Å². The van der Waals surface area contributed by atoms with E-state index in [1.807, 2.05) is 12.1 Å². The maximum atomic E-state index is 5.39. The van der Waals surface area contributed by atoms with E-state index in [-0.39, 0.29) is 0 Å². The van der Waals surface area contributed by atoms with Crippen molar-refractivity contribution in [2.75, 3.05) is 20.8 Å². The highest BCUT2D eigenvalue weighted by atomic mass is 16.5. The summed E-state index contributed by atoms with van der Waals surface area (Å²) >= 11 is 0. The molecule has 1 aliphatic carbocycles. The van der Waals surface area contributed by atoms with Gasteiger partial charge in [0.2, 0.25) is 0 Å². The third-order valence-corrected chi connectivity index (χ3v) is 3.70. The number of hydrogen-bond donors (Lipinski definition) is 1. The van der Waals surface area contributed by atoms with Gasteiger partial charge in [0.05, 0.1) is 14.2 Å². The molecule has 2 rings (SSSR count). The molecule has 0 amide bonds. The molecule has 0 radical (unpaired) electrons. The number of rotatable bonds is 7. The first kappa shape index (κ1) is 13.2. The first-order chi connectivity index (χ1) is 8.74.